The molecule has 0 aromatic heterocycles. The molecule has 1 aromatic carbocycles. The highest BCUT2D eigenvalue weighted by atomic mass is 16.5. The number of benzene rings is 1. The van der Waals surface area contributed by atoms with Gasteiger partial charge in [-0.1, -0.05) is 39.0 Å². The van der Waals surface area contributed by atoms with Crippen LogP contribution in [0.1, 0.15) is 45.2 Å². The molecule has 1 saturated heterocycles. The van der Waals surface area contributed by atoms with Crippen molar-refractivity contribution in [1.82, 2.24) is 15.1 Å². The van der Waals surface area contributed by atoms with Crippen molar-refractivity contribution in [3.8, 4) is 5.75 Å². The van der Waals surface area contributed by atoms with Gasteiger partial charge in [-0.25, -0.2) is 4.79 Å². The molecule has 2 aliphatic rings. The van der Waals surface area contributed by atoms with Gasteiger partial charge in [0.05, 0.1) is 6.04 Å². The van der Waals surface area contributed by atoms with Gasteiger partial charge < -0.3 is 19.9 Å². The Hall–Kier alpha value is -2.88. The van der Waals surface area contributed by atoms with E-state index in [2.05, 4.69) is 5.32 Å². The van der Waals surface area contributed by atoms with Gasteiger partial charge in [0.15, 0.2) is 5.78 Å². The number of Topliss-reactive ketones (excluding diaryl/α,β-unsaturated/α-hetero) is 1. The molecule has 2 N–H and O–H groups in total. The average molecular weight is 457 g/mol. The van der Waals surface area contributed by atoms with Crippen molar-refractivity contribution in [3.05, 3.63) is 29.3 Å². The molecule has 2 heterocycles. The van der Waals surface area contributed by atoms with Crippen molar-refractivity contribution in [1.29, 1.82) is 0 Å². The van der Waals surface area contributed by atoms with Gasteiger partial charge in [0, 0.05) is 31.9 Å². The number of nitrogens with one attached hydrogen (secondary N) is 1. The summed E-state index contributed by atoms with van der Waals surface area (Å²) in [5.41, 5.74) is 1.19. The Balaban J connectivity index is 1.72. The first-order valence-corrected chi connectivity index (χ1v) is 11.3. The molecule has 2 aliphatic heterocycles. The van der Waals surface area contributed by atoms with Gasteiger partial charge in [-0.2, -0.15) is 0 Å². The number of nitrogens with zero attached hydrogens (tertiary/aromatic N) is 2. The predicted octanol–water partition coefficient (Wildman–Crippen LogP) is 1.55. The number of urea groups is 1. The van der Waals surface area contributed by atoms with Crippen LogP contribution in [-0.4, -0.2) is 71.2 Å². The zero-order chi connectivity index (χ0) is 24.5. The molecule has 0 spiro atoms. The van der Waals surface area contributed by atoms with E-state index in [9.17, 15) is 24.2 Å². The van der Waals surface area contributed by atoms with Crippen molar-refractivity contribution in [2.45, 2.75) is 59.3 Å². The van der Waals surface area contributed by atoms with Crippen LogP contribution in [-0.2, 0) is 20.8 Å². The van der Waals surface area contributed by atoms with E-state index in [1.807, 2.05) is 45.9 Å². The molecule has 10 heteroatoms. The van der Waals surface area contributed by atoms with Crippen LogP contribution in [0.5, 0.6) is 5.75 Å². The summed E-state index contributed by atoms with van der Waals surface area (Å²) in [5.74, 6) is -1.73. The van der Waals surface area contributed by atoms with Crippen LogP contribution in [0.3, 0.4) is 0 Å². The van der Waals surface area contributed by atoms with Crippen molar-refractivity contribution in [2.75, 3.05) is 19.6 Å². The number of amides is 4. The fourth-order valence-corrected chi connectivity index (χ4v) is 4.34. The highest BCUT2D eigenvalue weighted by molar-refractivity contribution is 6.46. The minimum Gasteiger partial charge on any atom is -0.536 e. The van der Waals surface area contributed by atoms with E-state index in [1.54, 1.807) is 6.92 Å². The number of likely N-dealkylation sites (N-methyl/N-ethyl adjacent to an activating group) is 1. The van der Waals surface area contributed by atoms with Gasteiger partial charge in [0.1, 0.15) is 5.75 Å². The van der Waals surface area contributed by atoms with E-state index in [0.717, 1.165) is 16.0 Å². The fraction of sp³-hybridized carbons (Fsp3) is 0.565. The molecule has 33 heavy (non-hydrogen) atoms. The molecule has 2 atom stereocenters. The molecule has 0 radical (unpaired) electrons. The van der Waals surface area contributed by atoms with Gasteiger partial charge in [0.2, 0.25) is 0 Å². The zero-order valence-electron chi connectivity index (χ0n) is 19.9. The van der Waals surface area contributed by atoms with Gasteiger partial charge in [-0.3, -0.25) is 19.3 Å². The van der Waals surface area contributed by atoms with Crippen LogP contribution in [0, 0.1) is 12.3 Å². The summed E-state index contributed by atoms with van der Waals surface area (Å²) in [7, 11) is -1.14. The highest BCUT2D eigenvalue weighted by Crippen LogP contribution is 2.36. The van der Waals surface area contributed by atoms with Gasteiger partial charge in [-0.15, -0.1) is 0 Å². The number of para-hydroxylation sites is 1. The summed E-state index contributed by atoms with van der Waals surface area (Å²) in [4.78, 5) is 52.9. The number of piperazine rings is 1. The Morgan fingerprint density at radius 1 is 1.24 bits per heavy atom. The zero-order valence-corrected chi connectivity index (χ0v) is 19.9. The van der Waals surface area contributed by atoms with E-state index >= 15 is 0 Å². The lowest BCUT2D eigenvalue weighted by atomic mass is 9.63. The summed E-state index contributed by atoms with van der Waals surface area (Å²) in [6.45, 7) is 9.80. The predicted molar refractivity (Wildman–Crippen MR) is 123 cm³/mol. The SMILES string of the molecule is CCN1CCN(C(=O)N[C@@H](C(=O)C[C@H]2Cc3cccc(C)c3OB2O)C(C)(C)C)C(=O)C1=O. The maximum atomic E-state index is 13.3. The summed E-state index contributed by atoms with van der Waals surface area (Å²) in [6, 6.07) is 4.03. The van der Waals surface area contributed by atoms with Gasteiger partial charge in [0.25, 0.3) is 0 Å². The Labute approximate surface area is 194 Å². The van der Waals surface area contributed by atoms with Crippen molar-refractivity contribution in [3.63, 3.8) is 0 Å². The number of ketones is 1. The number of carbonyl (C=O) groups is 4. The van der Waals surface area contributed by atoms with Crippen LogP contribution < -0.4 is 9.97 Å². The monoisotopic (exact) mass is 457 g/mol. The number of aryl methyl sites for hydroxylation is 1. The maximum absolute atomic E-state index is 13.3. The van der Waals surface area contributed by atoms with E-state index < -0.39 is 42.2 Å². The molecule has 1 aromatic rings. The average Bonchev–Trinajstić information content (AvgIpc) is 2.74. The second-order valence-electron chi connectivity index (χ2n) is 9.80. The first-order chi connectivity index (χ1) is 15.4. The van der Waals surface area contributed by atoms with Crippen LogP contribution in [0.2, 0.25) is 5.82 Å². The third kappa shape index (κ3) is 5.21. The van der Waals surface area contributed by atoms with Crippen LogP contribution in [0.15, 0.2) is 18.2 Å². The molecular formula is C23H32BN3O6. The second-order valence-corrected chi connectivity index (χ2v) is 9.80. The molecule has 9 nitrogen and oxygen atoms in total. The third-order valence-electron chi connectivity index (χ3n) is 6.27. The molecule has 0 unspecified atom stereocenters. The molecule has 0 aliphatic carbocycles. The second kappa shape index (κ2) is 9.55. The smallest absolute Gasteiger partial charge is 0.526 e. The Kier molecular flexibility index (Phi) is 7.16. The Bertz CT molecular complexity index is 960. The van der Waals surface area contributed by atoms with E-state index in [-0.39, 0.29) is 25.3 Å². The number of hydrogen-bond acceptors (Lipinski definition) is 6. The molecule has 0 bridgehead atoms. The number of rotatable bonds is 5. The third-order valence-corrected chi connectivity index (χ3v) is 6.27. The van der Waals surface area contributed by atoms with Crippen LogP contribution >= 0.6 is 0 Å². The highest BCUT2D eigenvalue weighted by Gasteiger charge is 2.42. The number of hydrogen-bond donors (Lipinski definition) is 2. The first-order valence-electron chi connectivity index (χ1n) is 11.3. The molecule has 4 amide bonds. The largest absolute Gasteiger partial charge is 0.536 e. The normalized spacial score (nSPS) is 19.7. The minimum atomic E-state index is -1.14. The van der Waals surface area contributed by atoms with Gasteiger partial charge >= 0.3 is 25.0 Å². The van der Waals surface area contributed by atoms with Gasteiger partial charge in [-0.05, 0) is 36.8 Å². The number of fused-ring (bicyclic) bond motifs is 1. The Morgan fingerprint density at radius 2 is 1.94 bits per heavy atom. The molecule has 1 fully saturated rings. The van der Waals surface area contributed by atoms with Crippen molar-refractivity contribution >= 4 is 30.7 Å². The Morgan fingerprint density at radius 3 is 2.58 bits per heavy atom. The quantitative estimate of drug-likeness (QED) is 0.512. The minimum absolute atomic E-state index is 0.00669. The van der Waals surface area contributed by atoms with E-state index in [4.69, 9.17) is 4.65 Å². The molecule has 0 saturated carbocycles. The molecular weight excluding hydrogens is 425 g/mol. The van der Waals surface area contributed by atoms with Crippen molar-refractivity contribution < 1.29 is 28.9 Å². The van der Waals surface area contributed by atoms with E-state index in [1.165, 1.54) is 4.90 Å². The summed E-state index contributed by atoms with van der Waals surface area (Å²) >= 11 is 0. The lowest BCUT2D eigenvalue weighted by Gasteiger charge is -2.36. The van der Waals surface area contributed by atoms with Crippen molar-refractivity contribution in [2.24, 2.45) is 5.41 Å². The summed E-state index contributed by atoms with van der Waals surface area (Å²) in [6.07, 6.45) is 0.466. The first kappa shape index (κ1) is 24.8. The lowest BCUT2D eigenvalue weighted by molar-refractivity contribution is -0.153. The summed E-state index contributed by atoms with van der Waals surface area (Å²) in [5, 5.41) is 13.2. The summed E-state index contributed by atoms with van der Waals surface area (Å²) < 4.78 is 5.69. The standard InChI is InChI=1S/C23H32BN3O6/c1-6-26-10-11-27(21(30)20(26)29)22(31)25-19(23(3,4)5)17(28)13-16-12-15-9-7-8-14(2)18(15)33-24(16)32/h7-9,16,19,32H,6,10-13H2,1-5H3,(H,25,31)/t16-,19+/m1/s1. The topological polar surface area (TPSA) is 116 Å². The van der Waals surface area contributed by atoms with Crippen LogP contribution in [0.4, 0.5) is 4.79 Å². The number of carbonyl (C=O) groups excluding carboxylic acids is 4. The maximum Gasteiger partial charge on any atom is 0.526 e. The number of imide groups is 1. The fourth-order valence-electron chi connectivity index (χ4n) is 4.34. The van der Waals surface area contributed by atoms with Crippen LogP contribution in [0.25, 0.3) is 0 Å². The molecule has 3 rings (SSSR count). The van der Waals surface area contributed by atoms with E-state index in [0.29, 0.717) is 18.7 Å². The lowest BCUT2D eigenvalue weighted by Crippen LogP contribution is -2.61. The molecule has 178 valence electrons.